The summed E-state index contributed by atoms with van der Waals surface area (Å²) in [7, 11) is 2.84. The molecule has 1 aromatic carbocycles. The molecule has 0 saturated carbocycles. The van der Waals surface area contributed by atoms with E-state index < -0.39 is 0 Å². The van der Waals surface area contributed by atoms with Gasteiger partial charge in [0, 0.05) is 19.4 Å². The van der Waals surface area contributed by atoms with Crippen molar-refractivity contribution < 1.29 is 28.9 Å². The summed E-state index contributed by atoms with van der Waals surface area (Å²) in [5.41, 5.74) is 2.33. The van der Waals surface area contributed by atoms with Crippen molar-refractivity contribution in [1.29, 1.82) is 0 Å². The smallest absolute Gasteiger partial charge is 0.305 e. The van der Waals surface area contributed by atoms with Gasteiger partial charge in [-0.25, -0.2) is 0 Å². The zero-order valence-electron chi connectivity index (χ0n) is 19.3. The molecule has 6 heteroatoms. The van der Waals surface area contributed by atoms with Crippen LogP contribution < -0.4 is 4.74 Å². The van der Waals surface area contributed by atoms with Gasteiger partial charge >= 0.3 is 11.9 Å². The third-order valence-electron chi connectivity index (χ3n) is 5.40. The minimum absolute atomic E-state index is 0.143. The standard InChI is InChI=1S/C25H40O6/c1-29-24(27)16-9-4-3-7-11-20-31-23-15-12-14-21(13-8-5-6-10-19-26)22(23)17-18-25(28)30-2/h12,14-15,26H,3-11,13,16-20H2,1-2H3. The lowest BCUT2D eigenvalue weighted by Crippen LogP contribution is -2.07. The molecule has 0 aliphatic carbocycles. The predicted molar refractivity (Wildman–Crippen MR) is 121 cm³/mol. The van der Waals surface area contributed by atoms with Gasteiger partial charge in [-0.3, -0.25) is 9.59 Å². The highest BCUT2D eigenvalue weighted by Crippen LogP contribution is 2.26. The second kappa shape index (κ2) is 17.6. The van der Waals surface area contributed by atoms with Crippen LogP contribution in [0, 0.1) is 0 Å². The van der Waals surface area contributed by atoms with Crippen molar-refractivity contribution >= 4 is 11.9 Å². The molecule has 0 saturated heterocycles. The fraction of sp³-hybridized carbons (Fsp3) is 0.680. The molecule has 1 rings (SSSR count). The molecule has 0 amide bonds. The van der Waals surface area contributed by atoms with Crippen molar-refractivity contribution in [3.63, 3.8) is 0 Å². The molecule has 0 heterocycles. The van der Waals surface area contributed by atoms with E-state index in [4.69, 9.17) is 14.6 Å². The van der Waals surface area contributed by atoms with Gasteiger partial charge in [0.05, 0.1) is 20.8 Å². The molecule has 0 bridgehead atoms. The summed E-state index contributed by atoms with van der Waals surface area (Å²) in [6.07, 6.45) is 11.4. The maximum absolute atomic E-state index is 11.7. The first kappa shape index (κ1) is 27.0. The number of methoxy groups -OCH3 is 2. The van der Waals surface area contributed by atoms with Crippen LogP contribution in [0.5, 0.6) is 5.75 Å². The Morgan fingerprint density at radius 1 is 0.774 bits per heavy atom. The molecule has 31 heavy (non-hydrogen) atoms. The third-order valence-corrected chi connectivity index (χ3v) is 5.40. The molecular weight excluding hydrogens is 396 g/mol. The Bertz CT molecular complexity index is 628. The largest absolute Gasteiger partial charge is 0.493 e. The van der Waals surface area contributed by atoms with Crippen LogP contribution in [0.4, 0.5) is 0 Å². The van der Waals surface area contributed by atoms with E-state index >= 15 is 0 Å². The van der Waals surface area contributed by atoms with Crippen LogP contribution in [-0.2, 0) is 31.9 Å². The molecule has 0 aliphatic heterocycles. The number of aliphatic hydroxyl groups excluding tert-OH is 1. The molecule has 0 fully saturated rings. The normalized spacial score (nSPS) is 10.7. The van der Waals surface area contributed by atoms with E-state index in [1.54, 1.807) is 0 Å². The summed E-state index contributed by atoms with van der Waals surface area (Å²) >= 11 is 0. The number of hydrogen-bond donors (Lipinski definition) is 1. The highest BCUT2D eigenvalue weighted by Gasteiger charge is 2.12. The van der Waals surface area contributed by atoms with E-state index in [1.807, 2.05) is 12.1 Å². The van der Waals surface area contributed by atoms with Crippen molar-refractivity contribution in [3.8, 4) is 5.75 Å². The molecular formula is C25H40O6. The SMILES string of the molecule is COC(=O)CCCCCCCOc1cccc(CCCCCCO)c1CCC(=O)OC. The lowest BCUT2D eigenvalue weighted by atomic mass is 9.97. The Kier molecular flexibility index (Phi) is 15.3. The summed E-state index contributed by atoms with van der Waals surface area (Å²) < 4.78 is 15.6. The van der Waals surface area contributed by atoms with Gasteiger partial charge in [-0.1, -0.05) is 44.2 Å². The zero-order valence-corrected chi connectivity index (χ0v) is 19.3. The molecule has 0 aromatic heterocycles. The lowest BCUT2D eigenvalue weighted by Gasteiger charge is -2.16. The Hall–Kier alpha value is -2.08. The second-order valence-electron chi connectivity index (χ2n) is 7.80. The highest BCUT2D eigenvalue weighted by atomic mass is 16.5. The fourth-order valence-electron chi connectivity index (χ4n) is 3.56. The number of ether oxygens (including phenoxy) is 3. The maximum Gasteiger partial charge on any atom is 0.305 e. The lowest BCUT2D eigenvalue weighted by molar-refractivity contribution is -0.141. The van der Waals surface area contributed by atoms with Crippen LogP contribution in [0.1, 0.15) is 81.8 Å². The molecule has 0 radical (unpaired) electrons. The van der Waals surface area contributed by atoms with Gasteiger partial charge in [0.2, 0.25) is 0 Å². The number of benzene rings is 1. The Labute approximate surface area is 187 Å². The van der Waals surface area contributed by atoms with Gasteiger partial charge < -0.3 is 19.3 Å². The third kappa shape index (κ3) is 12.4. The van der Waals surface area contributed by atoms with E-state index in [9.17, 15) is 9.59 Å². The molecule has 0 unspecified atom stereocenters. The minimum atomic E-state index is -0.212. The first-order chi connectivity index (χ1) is 15.1. The Balaban J connectivity index is 2.51. The predicted octanol–water partition coefficient (Wildman–Crippen LogP) is 4.78. The number of hydrogen-bond acceptors (Lipinski definition) is 6. The van der Waals surface area contributed by atoms with Gasteiger partial charge in [0.25, 0.3) is 0 Å². The van der Waals surface area contributed by atoms with E-state index in [0.29, 0.717) is 25.9 Å². The fourth-order valence-corrected chi connectivity index (χ4v) is 3.56. The van der Waals surface area contributed by atoms with Crippen molar-refractivity contribution in [1.82, 2.24) is 0 Å². The first-order valence-corrected chi connectivity index (χ1v) is 11.6. The molecule has 0 spiro atoms. The van der Waals surface area contributed by atoms with E-state index in [-0.39, 0.29) is 18.5 Å². The van der Waals surface area contributed by atoms with Crippen molar-refractivity contribution in [2.75, 3.05) is 27.4 Å². The summed E-state index contributed by atoms with van der Waals surface area (Å²) in [5.74, 6) is 0.509. The van der Waals surface area contributed by atoms with E-state index in [2.05, 4.69) is 10.8 Å². The van der Waals surface area contributed by atoms with Crippen LogP contribution in [0.2, 0.25) is 0 Å². The van der Waals surface area contributed by atoms with Gasteiger partial charge in [0.15, 0.2) is 0 Å². The average Bonchev–Trinajstić information content (AvgIpc) is 2.79. The highest BCUT2D eigenvalue weighted by molar-refractivity contribution is 5.70. The monoisotopic (exact) mass is 436 g/mol. The van der Waals surface area contributed by atoms with Gasteiger partial charge in [-0.2, -0.15) is 0 Å². The second-order valence-corrected chi connectivity index (χ2v) is 7.80. The number of rotatable bonds is 18. The van der Waals surface area contributed by atoms with Crippen molar-refractivity contribution in [2.45, 2.75) is 83.5 Å². The average molecular weight is 437 g/mol. The number of aliphatic hydroxyl groups is 1. The first-order valence-electron chi connectivity index (χ1n) is 11.6. The molecule has 0 atom stereocenters. The molecule has 0 aliphatic rings. The summed E-state index contributed by atoms with van der Waals surface area (Å²) in [6, 6.07) is 6.12. The molecule has 6 nitrogen and oxygen atoms in total. The van der Waals surface area contributed by atoms with Crippen molar-refractivity contribution in [2.24, 2.45) is 0 Å². The quantitative estimate of drug-likeness (QED) is 0.263. The number of carbonyl (C=O) groups is 2. The van der Waals surface area contributed by atoms with Gasteiger partial charge in [-0.05, 0) is 55.7 Å². The van der Waals surface area contributed by atoms with E-state index in [0.717, 1.165) is 75.5 Å². The minimum Gasteiger partial charge on any atom is -0.493 e. The van der Waals surface area contributed by atoms with E-state index in [1.165, 1.54) is 19.8 Å². The van der Waals surface area contributed by atoms with Gasteiger partial charge in [-0.15, -0.1) is 0 Å². The number of unbranched alkanes of at least 4 members (excludes halogenated alkanes) is 7. The summed E-state index contributed by atoms with van der Waals surface area (Å²) in [5, 5.41) is 8.92. The maximum atomic E-state index is 11.7. The van der Waals surface area contributed by atoms with Crippen LogP contribution in [0.3, 0.4) is 0 Å². The number of carbonyl (C=O) groups excluding carboxylic acids is 2. The van der Waals surface area contributed by atoms with Crippen LogP contribution in [0.25, 0.3) is 0 Å². The Morgan fingerprint density at radius 2 is 1.42 bits per heavy atom. The number of aryl methyl sites for hydroxylation is 1. The van der Waals surface area contributed by atoms with Gasteiger partial charge in [0.1, 0.15) is 5.75 Å². The summed E-state index contributed by atoms with van der Waals surface area (Å²) in [6.45, 7) is 0.890. The van der Waals surface area contributed by atoms with Crippen LogP contribution in [0.15, 0.2) is 18.2 Å². The molecule has 176 valence electrons. The van der Waals surface area contributed by atoms with Crippen LogP contribution >= 0.6 is 0 Å². The Morgan fingerprint density at radius 3 is 2.16 bits per heavy atom. The van der Waals surface area contributed by atoms with Crippen LogP contribution in [-0.4, -0.2) is 44.5 Å². The molecule has 1 aromatic rings. The number of esters is 2. The van der Waals surface area contributed by atoms with Crippen molar-refractivity contribution in [3.05, 3.63) is 29.3 Å². The topological polar surface area (TPSA) is 82.1 Å². The zero-order chi connectivity index (χ0) is 22.7. The summed E-state index contributed by atoms with van der Waals surface area (Å²) in [4.78, 5) is 22.8. The molecule has 1 N–H and O–H groups in total.